The lowest BCUT2D eigenvalue weighted by molar-refractivity contribution is 0.286. The van der Waals surface area contributed by atoms with Crippen LogP contribution in [0, 0.1) is 0 Å². The van der Waals surface area contributed by atoms with Crippen molar-refractivity contribution < 1.29 is 0 Å². The molecule has 0 saturated carbocycles. The molecule has 2 heterocycles. The number of hydrogen-bond acceptors (Lipinski definition) is 1. The Hall–Kier alpha value is -3.52. The lowest BCUT2D eigenvalue weighted by Crippen LogP contribution is -2.38. The molecule has 154 valence electrons. The highest BCUT2D eigenvalue weighted by atomic mass is 15.2. The van der Waals surface area contributed by atoms with E-state index in [1.54, 1.807) is 0 Å². The molecule has 5 rings (SSSR count). The molecule has 1 aliphatic carbocycles. The van der Waals surface area contributed by atoms with Gasteiger partial charge in [0.05, 0.1) is 16.7 Å². The van der Waals surface area contributed by atoms with Crippen LogP contribution in [0.1, 0.15) is 37.9 Å². The van der Waals surface area contributed by atoms with Crippen molar-refractivity contribution in [1.82, 2.24) is 9.47 Å². The molecule has 31 heavy (non-hydrogen) atoms. The topological polar surface area (TPSA) is 8.17 Å². The van der Waals surface area contributed by atoms with Gasteiger partial charge >= 0.3 is 0 Å². The first-order valence-corrected chi connectivity index (χ1v) is 10.9. The van der Waals surface area contributed by atoms with E-state index >= 15 is 0 Å². The molecule has 0 atom stereocenters. The van der Waals surface area contributed by atoms with Crippen molar-refractivity contribution in [2.75, 3.05) is 0 Å². The molecule has 0 unspecified atom stereocenters. The zero-order chi connectivity index (χ0) is 21.6. The van der Waals surface area contributed by atoms with Gasteiger partial charge in [-0.2, -0.15) is 0 Å². The minimum Gasteiger partial charge on any atom is -0.342 e. The lowest BCUT2D eigenvalue weighted by Gasteiger charge is -2.40. The molecule has 0 amide bonds. The predicted molar refractivity (Wildman–Crippen MR) is 133 cm³/mol. The van der Waals surface area contributed by atoms with E-state index in [-0.39, 0.29) is 5.54 Å². The fourth-order valence-electron chi connectivity index (χ4n) is 4.77. The smallest absolute Gasteiger partial charge is 0.0566 e. The molecular weight excluding hydrogens is 376 g/mol. The SMILES string of the molecule is C=CC(C)(C)N1/C=C\c2c(c3ccccc3n2-c2ccccc2)C(=C)C2=C1CCC=C2. The first kappa shape index (κ1) is 19.4. The maximum atomic E-state index is 4.63. The van der Waals surface area contributed by atoms with Gasteiger partial charge in [-0.25, -0.2) is 0 Å². The molecule has 0 saturated heterocycles. The number of aromatic nitrogens is 1. The molecule has 2 aliphatic rings. The third-order valence-electron chi connectivity index (χ3n) is 6.49. The maximum absolute atomic E-state index is 4.63. The van der Waals surface area contributed by atoms with E-state index in [0.717, 1.165) is 29.8 Å². The van der Waals surface area contributed by atoms with Crippen LogP contribution in [0.15, 0.2) is 103 Å². The van der Waals surface area contributed by atoms with Crippen molar-refractivity contribution in [3.63, 3.8) is 0 Å². The first-order valence-electron chi connectivity index (χ1n) is 10.9. The summed E-state index contributed by atoms with van der Waals surface area (Å²) in [7, 11) is 0. The highest BCUT2D eigenvalue weighted by Gasteiger charge is 2.30. The third-order valence-corrected chi connectivity index (χ3v) is 6.49. The van der Waals surface area contributed by atoms with Crippen LogP contribution in [-0.4, -0.2) is 15.0 Å². The first-order chi connectivity index (χ1) is 15.0. The van der Waals surface area contributed by atoms with Crippen LogP contribution < -0.4 is 0 Å². The Kier molecular flexibility index (Phi) is 4.59. The second-order valence-electron chi connectivity index (χ2n) is 8.77. The van der Waals surface area contributed by atoms with E-state index in [0.29, 0.717) is 0 Å². The molecule has 2 heteroatoms. The maximum Gasteiger partial charge on any atom is 0.0566 e. The molecule has 1 aromatic heterocycles. The zero-order valence-electron chi connectivity index (χ0n) is 18.3. The van der Waals surface area contributed by atoms with Gasteiger partial charge in [0.2, 0.25) is 0 Å². The summed E-state index contributed by atoms with van der Waals surface area (Å²) in [6, 6.07) is 19.2. The minimum atomic E-state index is -0.205. The molecule has 0 spiro atoms. The van der Waals surface area contributed by atoms with Gasteiger partial charge in [0.25, 0.3) is 0 Å². The summed E-state index contributed by atoms with van der Waals surface area (Å²) in [5, 5.41) is 1.23. The molecule has 2 aromatic carbocycles. The van der Waals surface area contributed by atoms with Crippen LogP contribution in [0.4, 0.5) is 0 Å². The van der Waals surface area contributed by atoms with E-state index < -0.39 is 0 Å². The Labute approximate surface area is 184 Å². The second kappa shape index (κ2) is 7.31. The van der Waals surface area contributed by atoms with Crippen LogP contribution in [0.2, 0.25) is 0 Å². The molecular formula is C29H28N2. The Morgan fingerprint density at radius 2 is 1.71 bits per heavy atom. The monoisotopic (exact) mass is 404 g/mol. The van der Waals surface area contributed by atoms with Crippen molar-refractivity contribution in [3.05, 3.63) is 115 Å². The molecule has 3 aromatic rings. The normalized spacial score (nSPS) is 17.2. The lowest BCUT2D eigenvalue weighted by atomic mass is 9.88. The summed E-state index contributed by atoms with van der Waals surface area (Å²) >= 11 is 0. The summed E-state index contributed by atoms with van der Waals surface area (Å²) < 4.78 is 2.35. The van der Waals surface area contributed by atoms with Crippen LogP contribution in [-0.2, 0) is 0 Å². The Bertz CT molecular complexity index is 1280. The second-order valence-corrected chi connectivity index (χ2v) is 8.77. The highest BCUT2D eigenvalue weighted by molar-refractivity contribution is 6.02. The Balaban J connectivity index is 1.87. The fourth-order valence-corrected chi connectivity index (χ4v) is 4.77. The van der Waals surface area contributed by atoms with Crippen molar-refractivity contribution >= 4 is 22.6 Å². The average Bonchev–Trinajstić information content (AvgIpc) is 3.12. The van der Waals surface area contributed by atoms with Gasteiger partial charge in [0, 0.05) is 34.1 Å². The van der Waals surface area contributed by atoms with Crippen LogP contribution >= 0.6 is 0 Å². The van der Waals surface area contributed by atoms with E-state index in [2.05, 4.69) is 115 Å². The zero-order valence-corrected chi connectivity index (χ0v) is 18.3. The van der Waals surface area contributed by atoms with E-state index in [1.165, 1.54) is 27.7 Å². The Morgan fingerprint density at radius 3 is 2.48 bits per heavy atom. The van der Waals surface area contributed by atoms with Crippen LogP contribution in [0.3, 0.4) is 0 Å². The van der Waals surface area contributed by atoms with Crippen LogP contribution in [0.5, 0.6) is 0 Å². The number of rotatable bonds is 3. The van der Waals surface area contributed by atoms with Gasteiger partial charge in [-0.05, 0) is 56.5 Å². The molecule has 0 fully saturated rings. The Morgan fingerprint density at radius 1 is 0.968 bits per heavy atom. The fraction of sp³-hybridized carbons (Fsp3) is 0.172. The van der Waals surface area contributed by atoms with Gasteiger partial charge in [0.1, 0.15) is 0 Å². The molecule has 2 nitrogen and oxygen atoms in total. The van der Waals surface area contributed by atoms with Crippen molar-refractivity contribution in [2.24, 2.45) is 0 Å². The summed E-state index contributed by atoms with van der Waals surface area (Å²) in [6.07, 6.45) is 13.1. The van der Waals surface area contributed by atoms with E-state index in [9.17, 15) is 0 Å². The predicted octanol–water partition coefficient (Wildman–Crippen LogP) is 7.50. The summed E-state index contributed by atoms with van der Waals surface area (Å²) in [6.45, 7) is 13.2. The van der Waals surface area contributed by atoms with Gasteiger partial charge < -0.3 is 9.47 Å². The molecule has 1 aliphatic heterocycles. The van der Waals surface area contributed by atoms with Gasteiger partial charge in [-0.15, -0.1) is 6.58 Å². The summed E-state index contributed by atoms with van der Waals surface area (Å²) in [5.41, 5.74) is 8.14. The molecule has 0 N–H and O–H groups in total. The van der Waals surface area contributed by atoms with E-state index in [1.807, 2.05) is 6.08 Å². The number of nitrogens with zero attached hydrogens (tertiary/aromatic N) is 2. The number of fused-ring (bicyclic) bond motifs is 3. The van der Waals surface area contributed by atoms with Gasteiger partial charge in [-0.1, -0.05) is 61.2 Å². The van der Waals surface area contributed by atoms with Gasteiger partial charge in [0.15, 0.2) is 0 Å². The summed E-state index contributed by atoms with van der Waals surface area (Å²) in [5.74, 6) is 0. The van der Waals surface area contributed by atoms with Crippen molar-refractivity contribution in [3.8, 4) is 5.69 Å². The number of para-hydroxylation sites is 2. The average molecular weight is 405 g/mol. The quantitative estimate of drug-likeness (QED) is 0.410. The standard InChI is InChI=1S/C29H28N2/c1-5-29(3,4)30-20-19-27-28(21(2)23-15-9-11-17-25(23)30)24-16-10-12-18-26(24)31(27)22-13-7-6-8-14-22/h5-10,12-16,18-20H,1-2,11,17H2,3-4H3/b20-19-. The van der Waals surface area contributed by atoms with Gasteiger partial charge in [-0.3, -0.25) is 0 Å². The largest absolute Gasteiger partial charge is 0.342 e. The van der Waals surface area contributed by atoms with E-state index in [4.69, 9.17) is 0 Å². The molecule has 0 bridgehead atoms. The number of allylic oxidation sites excluding steroid dienone is 5. The summed E-state index contributed by atoms with van der Waals surface area (Å²) in [4.78, 5) is 2.37. The van der Waals surface area contributed by atoms with Crippen molar-refractivity contribution in [2.45, 2.75) is 32.2 Å². The highest BCUT2D eigenvalue weighted by Crippen LogP contribution is 2.43. The van der Waals surface area contributed by atoms with Crippen molar-refractivity contribution in [1.29, 1.82) is 0 Å². The number of hydrogen-bond donors (Lipinski definition) is 0. The minimum absolute atomic E-state index is 0.205. The number of benzene rings is 2. The molecule has 0 radical (unpaired) electrons. The third kappa shape index (κ3) is 3.02. The van der Waals surface area contributed by atoms with Crippen LogP contribution in [0.25, 0.3) is 28.2 Å².